The Kier molecular flexibility index (Phi) is 5.45. The van der Waals surface area contributed by atoms with Gasteiger partial charge in [0.25, 0.3) is 0 Å². The second-order valence-corrected chi connectivity index (χ2v) is 5.21. The van der Waals surface area contributed by atoms with Gasteiger partial charge in [-0.2, -0.15) is 0 Å². The van der Waals surface area contributed by atoms with Crippen molar-refractivity contribution in [2.24, 2.45) is 0 Å². The molecule has 0 atom stereocenters. The van der Waals surface area contributed by atoms with Crippen LogP contribution >= 0.6 is 15.9 Å². The van der Waals surface area contributed by atoms with Gasteiger partial charge in [0.1, 0.15) is 0 Å². The molecule has 0 amide bonds. The van der Waals surface area contributed by atoms with Crippen molar-refractivity contribution in [1.29, 1.82) is 0 Å². The highest BCUT2D eigenvalue weighted by Crippen LogP contribution is 2.15. The van der Waals surface area contributed by atoms with Gasteiger partial charge >= 0.3 is 0 Å². The summed E-state index contributed by atoms with van der Waals surface area (Å²) >= 11 is 3.57. The van der Waals surface area contributed by atoms with Crippen LogP contribution in [0.15, 0.2) is 28.7 Å². The van der Waals surface area contributed by atoms with E-state index in [1.807, 2.05) is 6.07 Å². The number of benzene rings is 1. The van der Waals surface area contributed by atoms with Crippen LogP contribution < -0.4 is 10.6 Å². The zero-order chi connectivity index (χ0) is 11.9. The molecular weight excluding hydrogens is 278 g/mol. The molecule has 17 heavy (non-hydrogen) atoms. The van der Waals surface area contributed by atoms with Gasteiger partial charge in [0.15, 0.2) is 0 Å². The maximum Gasteiger partial charge on any atom is 0.0220 e. The lowest BCUT2D eigenvalue weighted by atomic mass is 10.2. The fraction of sp³-hybridized carbons (Fsp3) is 0.538. The number of nitrogens with one attached hydrogen (secondary N) is 2. The molecule has 0 aliphatic carbocycles. The first-order chi connectivity index (χ1) is 8.36. The van der Waals surface area contributed by atoms with E-state index in [0.29, 0.717) is 0 Å². The van der Waals surface area contributed by atoms with E-state index in [1.54, 1.807) is 0 Å². The lowest BCUT2D eigenvalue weighted by molar-refractivity contribution is 0.241. The van der Waals surface area contributed by atoms with Crippen LogP contribution in [0.5, 0.6) is 0 Å². The van der Waals surface area contributed by atoms with Gasteiger partial charge in [0.2, 0.25) is 0 Å². The molecule has 3 nitrogen and oxygen atoms in total. The van der Waals surface area contributed by atoms with E-state index in [9.17, 15) is 0 Å². The lowest BCUT2D eigenvalue weighted by Gasteiger charge is -2.27. The highest BCUT2D eigenvalue weighted by atomic mass is 79.9. The van der Waals surface area contributed by atoms with Crippen molar-refractivity contribution in [3.8, 4) is 0 Å². The van der Waals surface area contributed by atoms with Gasteiger partial charge in [-0.05, 0) is 11.6 Å². The van der Waals surface area contributed by atoms with E-state index in [4.69, 9.17) is 0 Å². The molecule has 1 aliphatic rings. The number of nitrogens with zero attached hydrogens (tertiary/aromatic N) is 1. The Balaban J connectivity index is 1.64. The predicted octanol–water partition coefficient (Wildman–Crippen LogP) is 1.44. The van der Waals surface area contributed by atoms with Crippen molar-refractivity contribution in [1.82, 2.24) is 15.5 Å². The molecule has 1 fully saturated rings. The Morgan fingerprint density at radius 1 is 1.24 bits per heavy atom. The SMILES string of the molecule is Brc1ccccc1CNCCN1CCNCC1. The molecule has 1 aromatic rings. The van der Waals surface area contributed by atoms with Crippen LogP contribution in [0, 0.1) is 0 Å². The molecule has 4 heteroatoms. The molecule has 2 N–H and O–H groups in total. The van der Waals surface area contributed by atoms with Crippen LogP contribution in [0.1, 0.15) is 5.56 Å². The maximum atomic E-state index is 3.57. The van der Waals surface area contributed by atoms with Crippen molar-refractivity contribution in [2.75, 3.05) is 39.3 Å². The van der Waals surface area contributed by atoms with Gasteiger partial charge in [-0.25, -0.2) is 0 Å². The molecule has 94 valence electrons. The van der Waals surface area contributed by atoms with E-state index >= 15 is 0 Å². The first-order valence-corrected chi connectivity index (χ1v) is 7.03. The van der Waals surface area contributed by atoms with Crippen LogP contribution in [0.4, 0.5) is 0 Å². The second-order valence-electron chi connectivity index (χ2n) is 4.36. The zero-order valence-electron chi connectivity index (χ0n) is 10.1. The Bertz CT molecular complexity index is 337. The van der Waals surface area contributed by atoms with Crippen LogP contribution in [0.2, 0.25) is 0 Å². The largest absolute Gasteiger partial charge is 0.314 e. The number of halogens is 1. The summed E-state index contributed by atoms with van der Waals surface area (Å²) in [7, 11) is 0. The highest BCUT2D eigenvalue weighted by molar-refractivity contribution is 9.10. The third-order valence-corrected chi connectivity index (χ3v) is 3.86. The molecule has 1 aliphatic heterocycles. The van der Waals surface area contributed by atoms with Crippen molar-refractivity contribution in [3.63, 3.8) is 0 Å². The summed E-state index contributed by atoms with van der Waals surface area (Å²) in [6, 6.07) is 8.38. The monoisotopic (exact) mass is 297 g/mol. The summed E-state index contributed by atoms with van der Waals surface area (Å²) in [6.45, 7) is 7.75. The molecule has 0 radical (unpaired) electrons. The van der Waals surface area contributed by atoms with Crippen molar-refractivity contribution < 1.29 is 0 Å². The Morgan fingerprint density at radius 3 is 2.76 bits per heavy atom. The number of hydrogen-bond acceptors (Lipinski definition) is 3. The van der Waals surface area contributed by atoms with Crippen molar-refractivity contribution in [2.45, 2.75) is 6.54 Å². The maximum absolute atomic E-state index is 3.57. The molecule has 0 saturated carbocycles. The molecule has 0 spiro atoms. The van der Waals surface area contributed by atoms with Crippen LogP contribution in [0.3, 0.4) is 0 Å². The van der Waals surface area contributed by atoms with Gasteiger partial charge in [0.05, 0.1) is 0 Å². The quantitative estimate of drug-likeness (QED) is 0.806. The van der Waals surface area contributed by atoms with Gasteiger partial charge < -0.3 is 10.6 Å². The molecule has 1 aromatic carbocycles. The van der Waals surface area contributed by atoms with E-state index in [-0.39, 0.29) is 0 Å². The number of hydrogen-bond donors (Lipinski definition) is 2. The summed E-state index contributed by atoms with van der Waals surface area (Å²) in [5.74, 6) is 0. The van der Waals surface area contributed by atoms with Gasteiger partial charge in [0, 0.05) is 50.3 Å². The molecule has 2 rings (SSSR count). The van der Waals surface area contributed by atoms with Crippen molar-refractivity contribution >= 4 is 15.9 Å². The smallest absolute Gasteiger partial charge is 0.0220 e. The molecule has 1 heterocycles. The average molecular weight is 298 g/mol. The minimum Gasteiger partial charge on any atom is -0.314 e. The van der Waals surface area contributed by atoms with E-state index in [0.717, 1.165) is 32.7 Å². The third kappa shape index (κ3) is 4.39. The predicted molar refractivity (Wildman–Crippen MR) is 75.2 cm³/mol. The molecular formula is C13H20BrN3. The number of piperazine rings is 1. The summed E-state index contributed by atoms with van der Waals surface area (Å²) in [6.07, 6.45) is 0. The van der Waals surface area contributed by atoms with Gasteiger partial charge in [-0.15, -0.1) is 0 Å². The second kappa shape index (κ2) is 7.11. The van der Waals surface area contributed by atoms with Crippen LogP contribution in [0.25, 0.3) is 0 Å². The van der Waals surface area contributed by atoms with Gasteiger partial charge in [-0.1, -0.05) is 34.1 Å². The summed E-state index contributed by atoms with van der Waals surface area (Å²) in [5.41, 5.74) is 1.33. The summed E-state index contributed by atoms with van der Waals surface area (Å²) in [4.78, 5) is 2.50. The summed E-state index contributed by atoms with van der Waals surface area (Å²) < 4.78 is 1.19. The Morgan fingerprint density at radius 2 is 2.00 bits per heavy atom. The summed E-state index contributed by atoms with van der Waals surface area (Å²) in [5, 5.41) is 6.87. The van der Waals surface area contributed by atoms with E-state index < -0.39 is 0 Å². The first-order valence-electron chi connectivity index (χ1n) is 6.23. The lowest BCUT2D eigenvalue weighted by Crippen LogP contribution is -2.45. The molecule has 0 bridgehead atoms. The average Bonchev–Trinajstić information content (AvgIpc) is 2.38. The van der Waals surface area contributed by atoms with E-state index in [1.165, 1.54) is 23.1 Å². The first kappa shape index (κ1) is 13.0. The van der Waals surface area contributed by atoms with E-state index in [2.05, 4.69) is 49.7 Å². The van der Waals surface area contributed by atoms with Crippen LogP contribution in [-0.2, 0) is 6.54 Å². The topological polar surface area (TPSA) is 27.3 Å². The van der Waals surface area contributed by atoms with Crippen LogP contribution in [-0.4, -0.2) is 44.2 Å². The molecule has 0 unspecified atom stereocenters. The molecule has 0 aromatic heterocycles. The highest BCUT2D eigenvalue weighted by Gasteiger charge is 2.08. The minimum atomic E-state index is 0.938. The number of rotatable bonds is 5. The molecule has 1 saturated heterocycles. The minimum absolute atomic E-state index is 0.938. The normalized spacial score (nSPS) is 17.2. The Hall–Kier alpha value is -0.420. The Labute approximate surface area is 112 Å². The standard InChI is InChI=1S/C13H20BrN3/c14-13-4-2-1-3-12(13)11-16-7-10-17-8-5-15-6-9-17/h1-4,15-16H,5-11H2. The van der Waals surface area contributed by atoms with Gasteiger partial charge in [-0.3, -0.25) is 4.90 Å². The fourth-order valence-corrected chi connectivity index (χ4v) is 2.46. The fourth-order valence-electron chi connectivity index (χ4n) is 2.04. The zero-order valence-corrected chi connectivity index (χ0v) is 11.7. The third-order valence-electron chi connectivity index (χ3n) is 3.09. The van der Waals surface area contributed by atoms with Crippen molar-refractivity contribution in [3.05, 3.63) is 34.3 Å².